The van der Waals surface area contributed by atoms with E-state index >= 15 is 0 Å². The molecule has 0 saturated carbocycles. The fourth-order valence-corrected chi connectivity index (χ4v) is 5.40. The molecule has 8 nitrogen and oxygen atoms in total. The zero-order valence-electron chi connectivity index (χ0n) is 22.4. The van der Waals surface area contributed by atoms with Crippen LogP contribution in [0.5, 0.6) is 5.75 Å². The number of hydrogen-bond donors (Lipinski definition) is 3. The second kappa shape index (κ2) is 11.8. The molecule has 3 N–H and O–H groups in total. The number of carbonyl (C=O) groups excluding carboxylic acids is 1. The van der Waals surface area contributed by atoms with Crippen LogP contribution in [0.15, 0.2) is 47.5 Å². The van der Waals surface area contributed by atoms with Crippen LogP contribution >= 0.6 is 0 Å². The van der Waals surface area contributed by atoms with E-state index in [0.29, 0.717) is 40.0 Å². The lowest BCUT2D eigenvalue weighted by Gasteiger charge is -2.28. The molecule has 1 saturated heterocycles. The van der Waals surface area contributed by atoms with Gasteiger partial charge in [-0.15, -0.1) is 0 Å². The number of halogens is 3. The summed E-state index contributed by atoms with van der Waals surface area (Å²) >= 11 is 0. The van der Waals surface area contributed by atoms with Gasteiger partial charge in [-0.2, -0.15) is 13.2 Å². The summed E-state index contributed by atoms with van der Waals surface area (Å²) in [6, 6.07) is 9.23. The third-order valence-corrected chi connectivity index (χ3v) is 7.93. The minimum absolute atomic E-state index is 0.115. The summed E-state index contributed by atoms with van der Waals surface area (Å²) in [6.07, 6.45) is -1.29. The number of piperidine rings is 1. The molecule has 40 heavy (non-hydrogen) atoms. The molecular formula is C28H31F3N4O4S. The van der Waals surface area contributed by atoms with Gasteiger partial charge in [-0.05, 0) is 55.8 Å². The van der Waals surface area contributed by atoms with Crippen molar-refractivity contribution >= 4 is 38.0 Å². The van der Waals surface area contributed by atoms with Crippen molar-refractivity contribution < 1.29 is 31.1 Å². The van der Waals surface area contributed by atoms with Crippen LogP contribution in [0, 0.1) is 23.7 Å². The summed E-state index contributed by atoms with van der Waals surface area (Å²) < 4.78 is 69.7. The molecule has 0 bridgehead atoms. The van der Waals surface area contributed by atoms with Gasteiger partial charge in [0.2, 0.25) is 5.91 Å². The average Bonchev–Trinajstić information content (AvgIpc) is 3.27. The van der Waals surface area contributed by atoms with Crippen LogP contribution in [0.25, 0.3) is 10.9 Å². The SMILES string of the molecule is COc1cc(S(C)(=O)=O)ccc1NCC#Cc1cc(NC(=O)C2CCNCC2C)c2ccn(CC(F)(F)F)c2c1. The number of anilines is 2. The monoisotopic (exact) mass is 576 g/mol. The van der Waals surface area contributed by atoms with E-state index in [1.54, 1.807) is 24.3 Å². The Hall–Kier alpha value is -3.69. The highest BCUT2D eigenvalue weighted by Crippen LogP contribution is 2.31. The second-order valence-corrected chi connectivity index (χ2v) is 11.9. The van der Waals surface area contributed by atoms with Gasteiger partial charge in [-0.1, -0.05) is 18.8 Å². The van der Waals surface area contributed by atoms with Crippen molar-refractivity contribution in [2.45, 2.75) is 31.0 Å². The van der Waals surface area contributed by atoms with Crippen LogP contribution in [-0.2, 0) is 21.2 Å². The van der Waals surface area contributed by atoms with E-state index in [1.807, 2.05) is 6.92 Å². The van der Waals surface area contributed by atoms with Gasteiger partial charge in [-0.3, -0.25) is 4.79 Å². The molecule has 2 aromatic carbocycles. The molecule has 1 amide bonds. The van der Waals surface area contributed by atoms with Gasteiger partial charge in [-0.25, -0.2) is 8.42 Å². The maximum Gasteiger partial charge on any atom is 0.406 e. The van der Waals surface area contributed by atoms with Crippen molar-refractivity contribution in [2.24, 2.45) is 11.8 Å². The molecule has 1 aliphatic heterocycles. The van der Waals surface area contributed by atoms with Gasteiger partial charge in [0.05, 0.1) is 35.4 Å². The standard InChI is InChI=1S/C28H31F3N4O4S/c1-18-16-32-11-8-21(18)27(36)34-24-13-19(14-25-22(24)9-12-35(25)17-28(29,30)31)5-4-10-33-23-7-6-20(40(3,37)38)15-26(23)39-2/h6-7,9,12-15,18,21,32-33H,8,10-11,16-17H2,1-3H3,(H,34,36). The highest BCUT2D eigenvalue weighted by molar-refractivity contribution is 7.90. The minimum Gasteiger partial charge on any atom is -0.495 e. The molecule has 2 unspecified atom stereocenters. The third kappa shape index (κ3) is 7.08. The van der Waals surface area contributed by atoms with E-state index in [1.165, 1.54) is 25.4 Å². The van der Waals surface area contributed by atoms with Crippen LogP contribution in [0.4, 0.5) is 24.5 Å². The summed E-state index contributed by atoms with van der Waals surface area (Å²) in [5, 5.41) is 9.75. The highest BCUT2D eigenvalue weighted by atomic mass is 32.2. The number of methoxy groups -OCH3 is 1. The largest absolute Gasteiger partial charge is 0.495 e. The molecule has 1 aromatic heterocycles. The first-order valence-electron chi connectivity index (χ1n) is 12.7. The van der Waals surface area contributed by atoms with Crippen LogP contribution in [0.3, 0.4) is 0 Å². The first-order chi connectivity index (χ1) is 18.9. The molecule has 4 rings (SSSR count). The molecule has 0 radical (unpaired) electrons. The summed E-state index contributed by atoms with van der Waals surface area (Å²) in [5.41, 5.74) is 1.68. The van der Waals surface area contributed by atoms with Gasteiger partial charge in [0.15, 0.2) is 9.84 Å². The lowest BCUT2D eigenvalue weighted by atomic mass is 9.87. The number of rotatable bonds is 7. The predicted molar refractivity (Wildman–Crippen MR) is 148 cm³/mol. The van der Waals surface area contributed by atoms with Crippen molar-refractivity contribution in [3.8, 4) is 17.6 Å². The normalized spacial score (nSPS) is 17.6. The van der Waals surface area contributed by atoms with Crippen LogP contribution in [0.2, 0.25) is 0 Å². The Morgan fingerprint density at radius 2 is 1.98 bits per heavy atom. The van der Waals surface area contributed by atoms with Crippen LogP contribution in [-0.4, -0.2) is 58.1 Å². The van der Waals surface area contributed by atoms with Crippen LogP contribution < -0.4 is 20.7 Å². The van der Waals surface area contributed by atoms with E-state index < -0.39 is 22.6 Å². The zero-order valence-corrected chi connectivity index (χ0v) is 23.2. The topological polar surface area (TPSA) is 101 Å². The summed E-state index contributed by atoms with van der Waals surface area (Å²) in [4.78, 5) is 13.2. The Bertz CT molecular complexity index is 1570. The van der Waals surface area contributed by atoms with E-state index in [9.17, 15) is 26.4 Å². The summed E-state index contributed by atoms with van der Waals surface area (Å²) in [7, 11) is -1.99. The molecule has 12 heteroatoms. The van der Waals surface area contributed by atoms with Crippen molar-refractivity contribution in [2.75, 3.05) is 43.6 Å². The Morgan fingerprint density at radius 1 is 1.20 bits per heavy atom. The number of benzene rings is 2. The molecule has 2 heterocycles. The number of sulfone groups is 1. The molecule has 1 aliphatic rings. The van der Waals surface area contributed by atoms with Crippen molar-refractivity contribution in [1.29, 1.82) is 0 Å². The molecule has 0 spiro atoms. The predicted octanol–water partition coefficient (Wildman–Crippen LogP) is 4.26. The number of nitrogens with zero attached hydrogens (tertiary/aromatic N) is 1. The quantitative estimate of drug-likeness (QED) is 0.364. The molecule has 2 atom stereocenters. The van der Waals surface area contributed by atoms with E-state index in [-0.39, 0.29) is 29.2 Å². The highest BCUT2D eigenvalue weighted by Gasteiger charge is 2.30. The Morgan fingerprint density at radius 3 is 2.65 bits per heavy atom. The first kappa shape index (κ1) is 29.3. The van der Waals surface area contributed by atoms with Crippen molar-refractivity contribution in [3.63, 3.8) is 0 Å². The smallest absolute Gasteiger partial charge is 0.406 e. The number of nitrogens with one attached hydrogen (secondary N) is 3. The van der Waals surface area contributed by atoms with Gasteiger partial charge in [0.25, 0.3) is 0 Å². The molecular weight excluding hydrogens is 545 g/mol. The zero-order chi connectivity index (χ0) is 29.1. The Labute approximate surface area is 231 Å². The van der Waals surface area contributed by atoms with Gasteiger partial charge in [0.1, 0.15) is 12.3 Å². The Kier molecular flexibility index (Phi) is 8.65. The fraction of sp³-hybridized carbons (Fsp3) is 0.393. The second-order valence-electron chi connectivity index (χ2n) is 9.87. The average molecular weight is 577 g/mol. The fourth-order valence-electron chi connectivity index (χ4n) is 4.77. The lowest BCUT2D eigenvalue weighted by molar-refractivity contribution is -0.139. The first-order valence-corrected chi connectivity index (χ1v) is 14.6. The van der Waals surface area contributed by atoms with Gasteiger partial charge in [0, 0.05) is 35.4 Å². The molecule has 214 valence electrons. The van der Waals surface area contributed by atoms with Gasteiger partial charge < -0.3 is 25.3 Å². The number of ether oxygens (including phenoxy) is 1. The van der Waals surface area contributed by atoms with Crippen LogP contribution in [0.1, 0.15) is 18.9 Å². The number of aromatic nitrogens is 1. The van der Waals surface area contributed by atoms with E-state index in [4.69, 9.17) is 4.74 Å². The van der Waals surface area contributed by atoms with E-state index in [0.717, 1.165) is 23.9 Å². The maximum atomic E-state index is 13.2. The number of hydrogen-bond acceptors (Lipinski definition) is 6. The van der Waals surface area contributed by atoms with Gasteiger partial charge >= 0.3 is 6.18 Å². The van der Waals surface area contributed by atoms with Crippen molar-refractivity contribution in [3.05, 3.63) is 48.2 Å². The molecule has 3 aromatic rings. The summed E-state index contributed by atoms with van der Waals surface area (Å²) in [5.74, 6) is 5.96. The minimum atomic E-state index is -4.42. The lowest BCUT2D eigenvalue weighted by Crippen LogP contribution is -2.40. The third-order valence-electron chi connectivity index (χ3n) is 6.82. The number of alkyl halides is 3. The number of amides is 1. The van der Waals surface area contributed by atoms with E-state index in [2.05, 4.69) is 27.8 Å². The molecule has 0 aliphatic carbocycles. The molecule has 1 fully saturated rings. The van der Waals surface area contributed by atoms with Crippen molar-refractivity contribution in [1.82, 2.24) is 9.88 Å². The Balaban J connectivity index is 1.60. The summed E-state index contributed by atoms with van der Waals surface area (Å²) in [6.45, 7) is 2.40. The number of carbonyl (C=O) groups is 1. The number of fused-ring (bicyclic) bond motifs is 1. The maximum absolute atomic E-state index is 13.2.